The van der Waals surface area contributed by atoms with Crippen molar-refractivity contribution >= 4 is 17.4 Å². The second-order valence-corrected chi connectivity index (χ2v) is 6.18. The minimum atomic E-state index is -0.0680. The Hall–Kier alpha value is -3.03. The zero-order chi connectivity index (χ0) is 19.2. The molecular weight excluding hydrogens is 348 g/mol. The van der Waals surface area contributed by atoms with E-state index in [1.54, 1.807) is 39.7 Å². The molecule has 1 aliphatic heterocycles. The highest BCUT2D eigenvalue weighted by molar-refractivity contribution is 5.92. The van der Waals surface area contributed by atoms with E-state index in [4.69, 9.17) is 14.2 Å². The molecule has 1 aromatic heterocycles. The van der Waals surface area contributed by atoms with Crippen LogP contribution in [0.15, 0.2) is 24.5 Å². The molecule has 2 aromatic rings. The number of benzene rings is 1. The van der Waals surface area contributed by atoms with Crippen LogP contribution in [0.3, 0.4) is 0 Å². The Morgan fingerprint density at radius 3 is 2.15 bits per heavy atom. The molecule has 1 aliphatic rings. The van der Waals surface area contributed by atoms with Crippen LogP contribution in [0.1, 0.15) is 29.8 Å². The lowest BCUT2D eigenvalue weighted by atomic mass is 10.1. The van der Waals surface area contributed by atoms with Crippen LogP contribution in [0.4, 0.5) is 11.5 Å². The molecule has 8 nitrogen and oxygen atoms in total. The Kier molecular flexibility index (Phi) is 5.95. The van der Waals surface area contributed by atoms with Crippen molar-refractivity contribution in [2.45, 2.75) is 19.3 Å². The average Bonchev–Trinajstić information content (AvgIpc) is 2.73. The zero-order valence-electron chi connectivity index (χ0n) is 15.8. The number of nitrogens with one attached hydrogen (secondary N) is 1. The van der Waals surface area contributed by atoms with Crippen LogP contribution in [0, 0.1) is 0 Å². The molecule has 1 fully saturated rings. The van der Waals surface area contributed by atoms with Crippen molar-refractivity contribution in [1.29, 1.82) is 0 Å². The second-order valence-electron chi connectivity index (χ2n) is 6.18. The van der Waals surface area contributed by atoms with E-state index in [9.17, 15) is 4.79 Å². The van der Waals surface area contributed by atoms with E-state index in [2.05, 4.69) is 15.3 Å². The first-order valence-corrected chi connectivity index (χ1v) is 8.84. The Bertz CT molecular complexity index is 764. The van der Waals surface area contributed by atoms with Crippen molar-refractivity contribution in [3.8, 4) is 17.2 Å². The summed E-state index contributed by atoms with van der Waals surface area (Å²) in [5.41, 5.74) is 1.06. The molecule has 0 unspecified atom stereocenters. The number of ether oxygens (including phenoxy) is 3. The van der Waals surface area contributed by atoms with Gasteiger partial charge >= 0.3 is 0 Å². The molecule has 1 N–H and O–H groups in total. The van der Waals surface area contributed by atoms with Crippen LogP contribution < -0.4 is 19.5 Å². The van der Waals surface area contributed by atoms with Crippen LogP contribution in [0.25, 0.3) is 0 Å². The van der Waals surface area contributed by atoms with Crippen LogP contribution in [-0.4, -0.2) is 55.2 Å². The van der Waals surface area contributed by atoms with Gasteiger partial charge in [-0.15, -0.1) is 0 Å². The summed E-state index contributed by atoms with van der Waals surface area (Å²) in [6.07, 6.45) is 6.30. The van der Waals surface area contributed by atoms with Crippen molar-refractivity contribution in [3.63, 3.8) is 0 Å². The first-order chi connectivity index (χ1) is 13.2. The van der Waals surface area contributed by atoms with Gasteiger partial charge in [0.15, 0.2) is 11.5 Å². The predicted molar refractivity (Wildman–Crippen MR) is 101 cm³/mol. The van der Waals surface area contributed by atoms with E-state index >= 15 is 0 Å². The minimum Gasteiger partial charge on any atom is -0.493 e. The van der Waals surface area contributed by atoms with Crippen LogP contribution in [0.2, 0.25) is 0 Å². The quantitative estimate of drug-likeness (QED) is 0.834. The number of rotatable bonds is 6. The van der Waals surface area contributed by atoms with E-state index in [0.29, 0.717) is 34.4 Å². The van der Waals surface area contributed by atoms with Gasteiger partial charge in [-0.25, -0.2) is 9.97 Å². The third-order valence-electron chi connectivity index (χ3n) is 4.45. The van der Waals surface area contributed by atoms with Crippen LogP contribution >= 0.6 is 0 Å². The van der Waals surface area contributed by atoms with E-state index in [1.807, 2.05) is 4.90 Å². The number of likely N-dealkylation sites (tertiary alicyclic amines) is 1. The topological polar surface area (TPSA) is 85.8 Å². The molecule has 0 spiro atoms. The fourth-order valence-corrected chi connectivity index (χ4v) is 3.06. The normalized spacial score (nSPS) is 13.8. The second kappa shape index (κ2) is 8.57. The number of anilines is 2. The third kappa shape index (κ3) is 4.21. The Morgan fingerprint density at radius 1 is 0.963 bits per heavy atom. The fraction of sp³-hybridized carbons (Fsp3) is 0.421. The lowest BCUT2D eigenvalue weighted by molar-refractivity contribution is 0.0718. The largest absolute Gasteiger partial charge is 0.493 e. The maximum Gasteiger partial charge on any atom is 0.274 e. The number of carbonyl (C=O) groups is 1. The van der Waals surface area contributed by atoms with E-state index in [1.165, 1.54) is 12.6 Å². The Labute approximate surface area is 158 Å². The van der Waals surface area contributed by atoms with Gasteiger partial charge in [-0.2, -0.15) is 0 Å². The molecule has 2 heterocycles. The van der Waals surface area contributed by atoms with Crippen LogP contribution in [-0.2, 0) is 0 Å². The molecule has 1 saturated heterocycles. The smallest absolute Gasteiger partial charge is 0.274 e. The van der Waals surface area contributed by atoms with E-state index in [-0.39, 0.29) is 5.91 Å². The van der Waals surface area contributed by atoms with E-state index in [0.717, 1.165) is 25.9 Å². The highest BCUT2D eigenvalue weighted by Crippen LogP contribution is 2.40. The molecule has 0 aliphatic carbocycles. The summed E-state index contributed by atoms with van der Waals surface area (Å²) >= 11 is 0. The number of hydrogen-bond donors (Lipinski definition) is 1. The van der Waals surface area contributed by atoms with Crippen molar-refractivity contribution < 1.29 is 19.0 Å². The summed E-state index contributed by atoms with van der Waals surface area (Å²) in [5.74, 6) is 2.02. The van der Waals surface area contributed by atoms with Gasteiger partial charge in [-0.05, 0) is 19.3 Å². The minimum absolute atomic E-state index is 0.0680. The summed E-state index contributed by atoms with van der Waals surface area (Å²) in [4.78, 5) is 22.9. The third-order valence-corrected chi connectivity index (χ3v) is 4.45. The first kappa shape index (κ1) is 18.8. The SMILES string of the molecule is COc1cc(Nc2cnc(C(=O)N3CCCCC3)cn2)cc(OC)c1OC. The number of methoxy groups -OCH3 is 3. The molecular formula is C19H24N4O4. The summed E-state index contributed by atoms with van der Waals surface area (Å²) < 4.78 is 16.0. The number of aromatic nitrogens is 2. The molecule has 1 amide bonds. The molecule has 144 valence electrons. The average molecular weight is 372 g/mol. The molecule has 0 atom stereocenters. The molecule has 0 radical (unpaired) electrons. The predicted octanol–water partition coefficient (Wildman–Crippen LogP) is 2.87. The lowest BCUT2D eigenvalue weighted by Crippen LogP contribution is -2.36. The molecule has 1 aromatic carbocycles. The van der Waals surface area contributed by atoms with Gasteiger partial charge in [0.05, 0.1) is 33.7 Å². The first-order valence-electron chi connectivity index (χ1n) is 8.84. The summed E-state index contributed by atoms with van der Waals surface area (Å²) in [6.45, 7) is 1.57. The summed E-state index contributed by atoms with van der Waals surface area (Å²) in [6, 6.07) is 3.55. The maximum absolute atomic E-state index is 12.5. The molecule has 0 bridgehead atoms. The summed E-state index contributed by atoms with van der Waals surface area (Å²) in [5, 5.41) is 3.14. The van der Waals surface area contributed by atoms with Crippen LogP contribution in [0.5, 0.6) is 17.2 Å². The van der Waals surface area contributed by atoms with Gasteiger partial charge in [-0.1, -0.05) is 0 Å². The van der Waals surface area contributed by atoms with Crippen molar-refractivity contribution in [1.82, 2.24) is 14.9 Å². The number of amides is 1. The highest BCUT2D eigenvalue weighted by Gasteiger charge is 2.19. The van der Waals surface area contributed by atoms with Crippen molar-refractivity contribution in [2.75, 3.05) is 39.7 Å². The highest BCUT2D eigenvalue weighted by atomic mass is 16.5. The molecule has 27 heavy (non-hydrogen) atoms. The number of hydrogen-bond acceptors (Lipinski definition) is 7. The number of piperidine rings is 1. The monoisotopic (exact) mass is 372 g/mol. The van der Waals surface area contributed by atoms with Gasteiger partial charge in [0.25, 0.3) is 5.91 Å². The molecule has 0 saturated carbocycles. The van der Waals surface area contributed by atoms with Gasteiger partial charge in [0, 0.05) is 30.9 Å². The zero-order valence-corrected chi connectivity index (χ0v) is 15.8. The molecule has 3 rings (SSSR count). The Balaban J connectivity index is 1.75. The van der Waals surface area contributed by atoms with Gasteiger partial charge < -0.3 is 24.4 Å². The van der Waals surface area contributed by atoms with E-state index < -0.39 is 0 Å². The fourth-order valence-electron chi connectivity index (χ4n) is 3.06. The standard InChI is InChI=1S/C19H24N4O4/c1-25-15-9-13(10-16(26-2)18(15)27-3)22-17-12-20-14(11-21-17)19(24)23-7-5-4-6-8-23/h9-12H,4-8H2,1-3H3,(H,21,22). The van der Waals surface area contributed by atoms with Gasteiger partial charge in [0.1, 0.15) is 11.5 Å². The number of carbonyl (C=O) groups excluding carboxylic acids is 1. The van der Waals surface area contributed by atoms with Gasteiger partial charge in [0.2, 0.25) is 5.75 Å². The summed E-state index contributed by atoms with van der Waals surface area (Å²) in [7, 11) is 4.67. The maximum atomic E-state index is 12.5. The van der Waals surface area contributed by atoms with Crippen molar-refractivity contribution in [3.05, 3.63) is 30.2 Å². The van der Waals surface area contributed by atoms with Gasteiger partial charge in [-0.3, -0.25) is 4.79 Å². The van der Waals surface area contributed by atoms with Crippen molar-refractivity contribution in [2.24, 2.45) is 0 Å². The lowest BCUT2D eigenvalue weighted by Gasteiger charge is -2.26. The number of nitrogens with zero attached hydrogens (tertiary/aromatic N) is 3. The Morgan fingerprint density at radius 2 is 1.63 bits per heavy atom. The molecule has 8 heteroatoms.